The van der Waals surface area contributed by atoms with Crippen LogP contribution in [-0.2, 0) is 0 Å². The molecule has 1 rings (SSSR count). The molecule has 0 aromatic rings. The van der Waals surface area contributed by atoms with Gasteiger partial charge in [0.2, 0.25) is 0 Å². The van der Waals surface area contributed by atoms with Gasteiger partial charge in [0.15, 0.2) is 0 Å². The Morgan fingerprint density at radius 3 is 2.24 bits per heavy atom. The van der Waals surface area contributed by atoms with Crippen molar-refractivity contribution in [3.63, 3.8) is 0 Å². The predicted molar refractivity (Wildman–Crippen MR) is 76.4 cm³/mol. The molecule has 1 fully saturated rings. The van der Waals surface area contributed by atoms with Crippen LogP contribution in [0.25, 0.3) is 0 Å². The normalized spacial score (nSPS) is 27.0. The van der Waals surface area contributed by atoms with Gasteiger partial charge in [0.25, 0.3) is 0 Å². The van der Waals surface area contributed by atoms with Crippen LogP contribution in [0.1, 0.15) is 60.8 Å². The lowest BCUT2D eigenvalue weighted by Crippen LogP contribution is -2.54. The molecule has 0 aromatic heterocycles. The maximum Gasteiger partial charge on any atom is 0.0138 e. The van der Waals surface area contributed by atoms with E-state index < -0.39 is 0 Å². The number of rotatable bonds is 6. The van der Waals surface area contributed by atoms with E-state index in [-0.39, 0.29) is 5.54 Å². The molecule has 102 valence electrons. The average molecular weight is 240 g/mol. The third-order valence-electron chi connectivity index (χ3n) is 4.22. The zero-order valence-corrected chi connectivity index (χ0v) is 12.7. The van der Waals surface area contributed by atoms with Crippen molar-refractivity contribution in [2.75, 3.05) is 13.1 Å². The van der Waals surface area contributed by atoms with Gasteiger partial charge in [-0.25, -0.2) is 0 Å². The summed E-state index contributed by atoms with van der Waals surface area (Å²) in [6.07, 6.45) is 4.07. The van der Waals surface area contributed by atoms with Crippen LogP contribution in [-0.4, -0.2) is 35.6 Å². The highest BCUT2D eigenvalue weighted by Crippen LogP contribution is 2.33. The first-order valence-electron chi connectivity index (χ1n) is 7.39. The van der Waals surface area contributed by atoms with Crippen molar-refractivity contribution < 1.29 is 0 Å². The van der Waals surface area contributed by atoms with Crippen molar-refractivity contribution in [3.8, 4) is 0 Å². The van der Waals surface area contributed by atoms with E-state index in [0.29, 0.717) is 0 Å². The van der Waals surface area contributed by atoms with E-state index in [1.807, 2.05) is 0 Å². The summed E-state index contributed by atoms with van der Waals surface area (Å²) in [4.78, 5) is 2.71. The van der Waals surface area contributed by atoms with Crippen molar-refractivity contribution in [3.05, 3.63) is 0 Å². The second kappa shape index (κ2) is 6.19. The summed E-state index contributed by atoms with van der Waals surface area (Å²) in [5, 5.41) is 3.66. The molecule has 1 aliphatic carbocycles. The molecule has 2 heteroatoms. The fourth-order valence-electron chi connectivity index (χ4n) is 2.77. The van der Waals surface area contributed by atoms with Gasteiger partial charge in [0.05, 0.1) is 0 Å². The minimum Gasteiger partial charge on any atom is -0.312 e. The maximum atomic E-state index is 3.66. The standard InChI is InChI=1S/C15H32N2/c1-7-12(3)17(8-2)14-10-9-13(14)11-16-15(4,5)6/h12-14,16H,7-11H2,1-6H3. The Bertz CT molecular complexity index is 219. The van der Waals surface area contributed by atoms with Gasteiger partial charge in [-0.3, -0.25) is 4.90 Å². The number of hydrogen-bond donors (Lipinski definition) is 1. The zero-order valence-electron chi connectivity index (χ0n) is 12.7. The Morgan fingerprint density at radius 2 is 1.88 bits per heavy atom. The first-order valence-corrected chi connectivity index (χ1v) is 7.39. The summed E-state index contributed by atoms with van der Waals surface area (Å²) >= 11 is 0. The molecule has 0 radical (unpaired) electrons. The van der Waals surface area contributed by atoms with Gasteiger partial charge in [0, 0.05) is 17.6 Å². The molecular weight excluding hydrogens is 208 g/mol. The van der Waals surface area contributed by atoms with Crippen molar-refractivity contribution >= 4 is 0 Å². The topological polar surface area (TPSA) is 15.3 Å². The molecule has 0 amide bonds. The third-order valence-corrected chi connectivity index (χ3v) is 4.22. The molecule has 0 aromatic carbocycles. The monoisotopic (exact) mass is 240 g/mol. The summed E-state index contributed by atoms with van der Waals surface area (Å²) in [6.45, 7) is 16.1. The molecule has 2 nitrogen and oxygen atoms in total. The highest BCUT2D eigenvalue weighted by Gasteiger charge is 2.36. The van der Waals surface area contributed by atoms with Gasteiger partial charge >= 0.3 is 0 Å². The third kappa shape index (κ3) is 4.26. The van der Waals surface area contributed by atoms with Crippen LogP contribution < -0.4 is 5.32 Å². The zero-order chi connectivity index (χ0) is 13.1. The highest BCUT2D eigenvalue weighted by molar-refractivity contribution is 4.92. The minimum absolute atomic E-state index is 0.257. The van der Waals surface area contributed by atoms with Crippen molar-refractivity contribution in [1.82, 2.24) is 10.2 Å². The highest BCUT2D eigenvalue weighted by atomic mass is 15.2. The van der Waals surface area contributed by atoms with Gasteiger partial charge in [-0.1, -0.05) is 13.8 Å². The van der Waals surface area contributed by atoms with E-state index in [1.165, 1.54) is 32.4 Å². The summed E-state index contributed by atoms with van der Waals surface area (Å²) in [5.74, 6) is 0.864. The summed E-state index contributed by atoms with van der Waals surface area (Å²) in [5.41, 5.74) is 0.257. The molecule has 1 N–H and O–H groups in total. The molecule has 0 spiro atoms. The van der Waals surface area contributed by atoms with Crippen LogP contribution in [0.2, 0.25) is 0 Å². The van der Waals surface area contributed by atoms with E-state index in [2.05, 4.69) is 51.8 Å². The molecule has 0 saturated heterocycles. The number of nitrogens with one attached hydrogen (secondary N) is 1. The van der Waals surface area contributed by atoms with E-state index in [4.69, 9.17) is 0 Å². The summed E-state index contributed by atoms with van der Waals surface area (Å²) < 4.78 is 0. The van der Waals surface area contributed by atoms with Gasteiger partial charge < -0.3 is 5.32 Å². The first kappa shape index (κ1) is 15.0. The number of nitrogens with zero attached hydrogens (tertiary/aromatic N) is 1. The molecule has 0 aliphatic heterocycles. The largest absolute Gasteiger partial charge is 0.312 e. The van der Waals surface area contributed by atoms with E-state index >= 15 is 0 Å². The van der Waals surface area contributed by atoms with Crippen LogP contribution in [0.4, 0.5) is 0 Å². The number of hydrogen-bond acceptors (Lipinski definition) is 2. The van der Waals surface area contributed by atoms with Crippen molar-refractivity contribution in [1.29, 1.82) is 0 Å². The predicted octanol–water partition coefficient (Wildman–Crippen LogP) is 3.27. The molecular formula is C15H32N2. The lowest BCUT2D eigenvalue weighted by Gasteiger charge is -2.47. The van der Waals surface area contributed by atoms with Crippen molar-refractivity contribution in [2.45, 2.75) is 78.4 Å². The molecule has 1 aliphatic rings. The Labute approximate surface area is 108 Å². The van der Waals surface area contributed by atoms with Crippen LogP contribution in [0.15, 0.2) is 0 Å². The maximum absolute atomic E-state index is 3.66. The van der Waals surface area contributed by atoms with Gasteiger partial charge in [-0.05, 0) is 66.0 Å². The molecule has 3 unspecified atom stereocenters. The van der Waals surface area contributed by atoms with Crippen LogP contribution in [0.3, 0.4) is 0 Å². The molecule has 3 atom stereocenters. The van der Waals surface area contributed by atoms with Crippen LogP contribution in [0.5, 0.6) is 0 Å². The second-order valence-electron chi connectivity index (χ2n) is 6.62. The molecule has 1 saturated carbocycles. The van der Waals surface area contributed by atoms with E-state index in [1.54, 1.807) is 0 Å². The summed E-state index contributed by atoms with van der Waals surface area (Å²) in [7, 11) is 0. The Morgan fingerprint density at radius 1 is 1.24 bits per heavy atom. The quantitative estimate of drug-likeness (QED) is 0.766. The Hall–Kier alpha value is -0.0800. The smallest absolute Gasteiger partial charge is 0.0138 e. The van der Waals surface area contributed by atoms with Crippen LogP contribution >= 0.6 is 0 Å². The van der Waals surface area contributed by atoms with Gasteiger partial charge in [-0.2, -0.15) is 0 Å². The Balaban J connectivity index is 2.44. The second-order valence-corrected chi connectivity index (χ2v) is 6.62. The molecule has 0 bridgehead atoms. The molecule has 0 heterocycles. The first-order chi connectivity index (χ1) is 7.89. The van der Waals surface area contributed by atoms with E-state index in [9.17, 15) is 0 Å². The van der Waals surface area contributed by atoms with Crippen molar-refractivity contribution in [2.24, 2.45) is 5.92 Å². The molecule has 17 heavy (non-hydrogen) atoms. The summed E-state index contributed by atoms with van der Waals surface area (Å²) in [6, 6.07) is 1.56. The lowest BCUT2D eigenvalue weighted by atomic mass is 9.77. The fourth-order valence-corrected chi connectivity index (χ4v) is 2.77. The van der Waals surface area contributed by atoms with Crippen LogP contribution in [0, 0.1) is 5.92 Å². The van der Waals surface area contributed by atoms with Gasteiger partial charge in [-0.15, -0.1) is 0 Å². The Kier molecular flexibility index (Phi) is 5.46. The van der Waals surface area contributed by atoms with Gasteiger partial charge in [0.1, 0.15) is 0 Å². The average Bonchev–Trinajstić information content (AvgIpc) is 2.21. The lowest BCUT2D eigenvalue weighted by molar-refractivity contribution is 0.0329. The van der Waals surface area contributed by atoms with E-state index in [0.717, 1.165) is 18.0 Å². The minimum atomic E-state index is 0.257. The SMILES string of the molecule is CCC(C)N(CC)C1CCC1CNC(C)(C)C. The fraction of sp³-hybridized carbons (Fsp3) is 1.00.